The van der Waals surface area contributed by atoms with Crippen molar-refractivity contribution in [1.82, 2.24) is 10.2 Å². The van der Waals surface area contributed by atoms with Gasteiger partial charge in [0.1, 0.15) is 6.10 Å². The summed E-state index contributed by atoms with van der Waals surface area (Å²) in [6.07, 6.45) is 0.157. The number of ether oxygens (including phenoxy) is 1. The largest absolute Gasteiger partial charge is 0.370 e. The molecule has 1 atom stereocenters. The Morgan fingerprint density at radius 1 is 1.48 bits per heavy atom. The van der Waals surface area contributed by atoms with E-state index in [-0.39, 0.29) is 17.9 Å². The second kappa shape index (κ2) is 7.43. The lowest BCUT2D eigenvalue weighted by Gasteiger charge is -2.33. The smallest absolute Gasteiger partial charge is 0.224 e. The van der Waals surface area contributed by atoms with E-state index >= 15 is 0 Å². The van der Waals surface area contributed by atoms with E-state index in [0.717, 1.165) is 5.56 Å². The highest BCUT2D eigenvalue weighted by Crippen LogP contribution is 2.24. The lowest BCUT2D eigenvalue weighted by atomic mass is 10.1. The summed E-state index contributed by atoms with van der Waals surface area (Å²) in [5, 5.41) is 3.29. The van der Waals surface area contributed by atoms with Crippen LogP contribution in [0.25, 0.3) is 0 Å². The van der Waals surface area contributed by atoms with E-state index in [1.165, 1.54) is 6.92 Å². The lowest BCUT2D eigenvalue weighted by molar-refractivity contribution is -0.139. The van der Waals surface area contributed by atoms with E-state index in [0.29, 0.717) is 37.7 Å². The molecular weight excluding hydrogens is 292 g/mol. The number of nitrogens with one attached hydrogen (secondary N) is 1. The molecule has 0 aromatic heterocycles. The Labute approximate surface area is 129 Å². The summed E-state index contributed by atoms with van der Waals surface area (Å²) in [4.78, 5) is 24.7. The van der Waals surface area contributed by atoms with Gasteiger partial charge in [0.25, 0.3) is 0 Å². The second-order valence-corrected chi connectivity index (χ2v) is 5.42. The third kappa shape index (κ3) is 4.72. The molecule has 1 fully saturated rings. The van der Waals surface area contributed by atoms with Gasteiger partial charge in [-0.05, 0) is 17.7 Å². The molecule has 2 rings (SSSR count). The van der Waals surface area contributed by atoms with Crippen molar-refractivity contribution < 1.29 is 14.3 Å². The number of rotatable bonds is 4. The topological polar surface area (TPSA) is 58.6 Å². The molecule has 6 heteroatoms. The Hall–Kier alpha value is -1.59. The maximum atomic E-state index is 12.1. The van der Waals surface area contributed by atoms with Crippen molar-refractivity contribution in [2.75, 3.05) is 26.2 Å². The third-order valence-corrected chi connectivity index (χ3v) is 3.59. The van der Waals surface area contributed by atoms with Crippen molar-refractivity contribution in [3.63, 3.8) is 0 Å². The van der Waals surface area contributed by atoms with Crippen LogP contribution >= 0.6 is 11.6 Å². The van der Waals surface area contributed by atoms with Crippen LogP contribution in [-0.2, 0) is 14.3 Å². The normalized spacial score (nSPS) is 18.4. The van der Waals surface area contributed by atoms with E-state index in [9.17, 15) is 9.59 Å². The molecule has 1 saturated heterocycles. The fourth-order valence-electron chi connectivity index (χ4n) is 2.29. The van der Waals surface area contributed by atoms with Gasteiger partial charge in [-0.25, -0.2) is 0 Å². The van der Waals surface area contributed by atoms with Gasteiger partial charge in [-0.3, -0.25) is 9.59 Å². The van der Waals surface area contributed by atoms with Gasteiger partial charge < -0.3 is 15.0 Å². The number of hydrogen-bond donors (Lipinski definition) is 1. The number of amides is 2. The quantitative estimate of drug-likeness (QED) is 0.922. The molecule has 1 aromatic carbocycles. The minimum absolute atomic E-state index is 0.0269. The van der Waals surface area contributed by atoms with Crippen LogP contribution in [0, 0.1) is 0 Å². The molecule has 0 spiro atoms. The van der Waals surface area contributed by atoms with Gasteiger partial charge in [0, 0.05) is 31.5 Å². The fourth-order valence-corrected chi connectivity index (χ4v) is 2.49. The van der Waals surface area contributed by atoms with Gasteiger partial charge in [0.2, 0.25) is 11.8 Å². The molecule has 1 aliphatic heterocycles. The number of morpholine rings is 1. The van der Waals surface area contributed by atoms with E-state index < -0.39 is 0 Å². The molecule has 114 valence electrons. The van der Waals surface area contributed by atoms with Crippen LogP contribution < -0.4 is 5.32 Å². The first-order chi connectivity index (χ1) is 10.1. The van der Waals surface area contributed by atoms with Crippen molar-refractivity contribution in [3.8, 4) is 0 Å². The SMILES string of the molecule is CC(=O)NCCC(=O)N1CCOC(c2cccc(Cl)c2)C1. The highest BCUT2D eigenvalue weighted by Gasteiger charge is 2.25. The predicted octanol–water partition coefficient (Wildman–Crippen LogP) is 1.77. The Morgan fingerprint density at radius 2 is 2.29 bits per heavy atom. The van der Waals surface area contributed by atoms with Crippen molar-refractivity contribution in [3.05, 3.63) is 34.9 Å². The van der Waals surface area contributed by atoms with Gasteiger partial charge >= 0.3 is 0 Å². The van der Waals surface area contributed by atoms with Crippen LogP contribution in [0.15, 0.2) is 24.3 Å². The van der Waals surface area contributed by atoms with Crippen LogP contribution in [0.5, 0.6) is 0 Å². The Balaban J connectivity index is 1.91. The van der Waals surface area contributed by atoms with Gasteiger partial charge in [-0.2, -0.15) is 0 Å². The first-order valence-electron chi connectivity index (χ1n) is 6.95. The highest BCUT2D eigenvalue weighted by atomic mass is 35.5. The summed E-state index contributed by atoms with van der Waals surface area (Å²) in [7, 11) is 0. The number of nitrogens with zero attached hydrogens (tertiary/aromatic N) is 1. The standard InChI is InChI=1S/C15H19ClN2O3/c1-11(19)17-6-5-15(20)18-7-8-21-14(10-18)12-3-2-4-13(16)9-12/h2-4,9,14H,5-8,10H2,1H3,(H,17,19). The predicted molar refractivity (Wildman–Crippen MR) is 80.0 cm³/mol. The number of carbonyl (C=O) groups is 2. The molecule has 0 radical (unpaired) electrons. The summed E-state index contributed by atoms with van der Waals surface area (Å²) >= 11 is 5.98. The molecule has 0 bridgehead atoms. The van der Waals surface area contributed by atoms with Crippen molar-refractivity contribution in [2.45, 2.75) is 19.4 Å². The average Bonchev–Trinajstić information content (AvgIpc) is 2.47. The van der Waals surface area contributed by atoms with Crippen LogP contribution in [0.4, 0.5) is 0 Å². The number of hydrogen-bond acceptors (Lipinski definition) is 3. The summed E-state index contributed by atoms with van der Waals surface area (Å²) in [5.74, 6) is -0.0966. The average molecular weight is 311 g/mol. The van der Waals surface area contributed by atoms with Crippen molar-refractivity contribution in [1.29, 1.82) is 0 Å². The summed E-state index contributed by atoms with van der Waals surface area (Å²) in [6.45, 7) is 3.40. The Kier molecular flexibility index (Phi) is 5.59. The van der Waals surface area contributed by atoms with Gasteiger partial charge in [-0.15, -0.1) is 0 Å². The number of halogens is 1. The van der Waals surface area contributed by atoms with E-state index in [1.807, 2.05) is 24.3 Å². The Morgan fingerprint density at radius 3 is 3.00 bits per heavy atom. The maximum Gasteiger partial charge on any atom is 0.224 e. The third-order valence-electron chi connectivity index (χ3n) is 3.35. The molecule has 1 aromatic rings. The molecule has 1 aliphatic rings. The first kappa shape index (κ1) is 15.8. The Bertz CT molecular complexity index is 521. The van der Waals surface area contributed by atoms with Crippen molar-refractivity contribution >= 4 is 23.4 Å². The van der Waals surface area contributed by atoms with Crippen LogP contribution in [0.2, 0.25) is 5.02 Å². The molecule has 1 N–H and O–H groups in total. The lowest BCUT2D eigenvalue weighted by Crippen LogP contribution is -2.43. The zero-order chi connectivity index (χ0) is 15.2. The molecule has 1 heterocycles. The van der Waals surface area contributed by atoms with E-state index in [2.05, 4.69) is 5.32 Å². The number of benzene rings is 1. The molecule has 5 nitrogen and oxygen atoms in total. The second-order valence-electron chi connectivity index (χ2n) is 4.99. The molecule has 0 saturated carbocycles. The van der Waals surface area contributed by atoms with Crippen LogP contribution in [0.3, 0.4) is 0 Å². The monoisotopic (exact) mass is 310 g/mol. The van der Waals surface area contributed by atoms with Gasteiger partial charge in [0.15, 0.2) is 0 Å². The summed E-state index contributed by atoms with van der Waals surface area (Å²) in [6, 6.07) is 7.49. The first-order valence-corrected chi connectivity index (χ1v) is 7.33. The maximum absolute atomic E-state index is 12.1. The molecule has 1 unspecified atom stereocenters. The minimum Gasteiger partial charge on any atom is -0.370 e. The number of carbonyl (C=O) groups excluding carboxylic acids is 2. The summed E-state index contributed by atoms with van der Waals surface area (Å²) < 4.78 is 5.72. The molecule has 21 heavy (non-hydrogen) atoms. The zero-order valence-electron chi connectivity index (χ0n) is 12.0. The molecule has 2 amide bonds. The van der Waals surface area contributed by atoms with Crippen molar-refractivity contribution in [2.24, 2.45) is 0 Å². The van der Waals surface area contributed by atoms with Gasteiger partial charge in [0.05, 0.1) is 13.2 Å². The minimum atomic E-state index is -0.151. The van der Waals surface area contributed by atoms with Crippen LogP contribution in [0.1, 0.15) is 25.0 Å². The summed E-state index contributed by atoms with van der Waals surface area (Å²) in [5.41, 5.74) is 0.974. The van der Waals surface area contributed by atoms with Gasteiger partial charge in [-0.1, -0.05) is 23.7 Å². The van der Waals surface area contributed by atoms with E-state index in [1.54, 1.807) is 4.90 Å². The molecule has 0 aliphatic carbocycles. The highest BCUT2D eigenvalue weighted by molar-refractivity contribution is 6.30. The fraction of sp³-hybridized carbons (Fsp3) is 0.467. The van der Waals surface area contributed by atoms with Crippen LogP contribution in [-0.4, -0.2) is 43.0 Å². The zero-order valence-corrected chi connectivity index (χ0v) is 12.7. The van der Waals surface area contributed by atoms with E-state index in [4.69, 9.17) is 16.3 Å². The molecular formula is C15H19ClN2O3.